The Hall–Kier alpha value is -2.82. The maximum absolute atomic E-state index is 12.0. The van der Waals surface area contributed by atoms with Gasteiger partial charge in [-0.25, -0.2) is 0 Å². The standard InChI is InChI=1S/C17H17ClN4O3/c1-22(2)14(15-4-3-7-25-15)10-20-16(23)17(24)21-13-8-12(18)6-5-11(13)9-19/h3-8,14H,10H2,1-2H3,(H,20,23)(H,21,24)/t14-/m0/s1. The first-order chi connectivity index (χ1) is 11.9. The molecule has 0 radical (unpaired) electrons. The van der Waals surface area contributed by atoms with Crippen molar-refractivity contribution in [2.75, 3.05) is 26.0 Å². The van der Waals surface area contributed by atoms with Crippen molar-refractivity contribution in [1.82, 2.24) is 10.2 Å². The summed E-state index contributed by atoms with van der Waals surface area (Å²) in [6.45, 7) is 0.188. The van der Waals surface area contributed by atoms with Gasteiger partial charge in [0.15, 0.2) is 0 Å². The number of hydrogen-bond donors (Lipinski definition) is 2. The van der Waals surface area contributed by atoms with Crippen LogP contribution in [0.5, 0.6) is 0 Å². The molecule has 1 atom stereocenters. The van der Waals surface area contributed by atoms with Gasteiger partial charge in [-0.2, -0.15) is 5.26 Å². The topological polar surface area (TPSA) is 98.4 Å². The third-order valence-electron chi connectivity index (χ3n) is 3.51. The third kappa shape index (κ3) is 4.83. The average molecular weight is 361 g/mol. The maximum Gasteiger partial charge on any atom is 0.313 e. The Morgan fingerprint density at radius 3 is 2.68 bits per heavy atom. The number of hydrogen-bond acceptors (Lipinski definition) is 5. The second kappa shape index (κ2) is 8.33. The molecular formula is C17H17ClN4O3. The molecule has 0 bridgehead atoms. The van der Waals surface area contributed by atoms with E-state index in [1.165, 1.54) is 18.2 Å². The minimum atomic E-state index is -0.879. The van der Waals surface area contributed by atoms with Gasteiger partial charge in [-0.15, -0.1) is 0 Å². The largest absolute Gasteiger partial charge is 0.468 e. The highest BCUT2D eigenvalue weighted by Gasteiger charge is 2.21. The Labute approximate surface area is 150 Å². The maximum atomic E-state index is 12.0. The molecule has 2 rings (SSSR count). The lowest BCUT2D eigenvalue weighted by Crippen LogP contribution is -2.40. The molecule has 0 aliphatic rings. The van der Waals surface area contributed by atoms with E-state index in [1.807, 2.05) is 25.1 Å². The van der Waals surface area contributed by atoms with Crippen molar-refractivity contribution in [3.63, 3.8) is 0 Å². The molecule has 0 spiro atoms. The van der Waals surface area contributed by atoms with Crippen LogP contribution in [0.4, 0.5) is 5.69 Å². The lowest BCUT2D eigenvalue weighted by Gasteiger charge is -2.22. The van der Waals surface area contributed by atoms with Crippen molar-refractivity contribution in [3.8, 4) is 6.07 Å². The van der Waals surface area contributed by atoms with Crippen LogP contribution < -0.4 is 10.6 Å². The van der Waals surface area contributed by atoms with Crippen molar-refractivity contribution < 1.29 is 14.0 Å². The van der Waals surface area contributed by atoms with Gasteiger partial charge in [0.1, 0.15) is 11.8 Å². The molecule has 0 unspecified atom stereocenters. The van der Waals surface area contributed by atoms with Gasteiger partial charge in [-0.3, -0.25) is 14.5 Å². The summed E-state index contributed by atoms with van der Waals surface area (Å²) >= 11 is 5.85. The van der Waals surface area contributed by atoms with Crippen molar-refractivity contribution in [2.45, 2.75) is 6.04 Å². The van der Waals surface area contributed by atoms with E-state index in [1.54, 1.807) is 18.4 Å². The van der Waals surface area contributed by atoms with E-state index in [2.05, 4.69) is 10.6 Å². The molecule has 0 saturated heterocycles. The van der Waals surface area contributed by atoms with E-state index in [0.29, 0.717) is 10.8 Å². The number of carbonyl (C=O) groups excluding carboxylic acids is 2. The zero-order chi connectivity index (χ0) is 18.4. The predicted octanol–water partition coefficient (Wildman–Crippen LogP) is 2.16. The highest BCUT2D eigenvalue weighted by atomic mass is 35.5. The number of benzene rings is 1. The monoisotopic (exact) mass is 360 g/mol. The lowest BCUT2D eigenvalue weighted by molar-refractivity contribution is -0.136. The van der Waals surface area contributed by atoms with E-state index in [4.69, 9.17) is 21.3 Å². The van der Waals surface area contributed by atoms with Crippen molar-refractivity contribution >= 4 is 29.1 Å². The molecule has 1 aromatic heterocycles. The molecule has 0 saturated carbocycles. The molecule has 2 N–H and O–H groups in total. The van der Waals surface area contributed by atoms with E-state index >= 15 is 0 Å². The minimum absolute atomic E-state index is 0.186. The second-order valence-corrected chi connectivity index (χ2v) is 5.90. The van der Waals surface area contributed by atoms with Crippen LogP contribution in [0, 0.1) is 11.3 Å². The number of likely N-dealkylation sites (N-methyl/N-ethyl adjacent to an activating group) is 1. The van der Waals surface area contributed by atoms with Gasteiger partial charge < -0.3 is 15.1 Å². The molecule has 2 aromatic rings. The van der Waals surface area contributed by atoms with Crippen LogP contribution in [0.25, 0.3) is 0 Å². The average Bonchev–Trinajstić information content (AvgIpc) is 3.09. The number of nitrogens with zero attached hydrogens (tertiary/aromatic N) is 2. The summed E-state index contributed by atoms with van der Waals surface area (Å²) in [7, 11) is 3.68. The van der Waals surface area contributed by atoms with Gasteiger partial charge in [-0.05, 0) is 44.4 Å². The Morgan fingerprint density at radius 2 is 2.08 bits per heavy atom. The number of halogens is 1. The Kier molecular flexibility index (Phi) is 6.17. The molecule has 0 fully saturated rings. The van der Waals surface area contributed by atoms with E-state index in [9.17, 15) is 9.59 Å². The van der Waals surface area contributed by atoms with Gasteiger partial charge in [0.2, 0.25) is 0 Å². The van der Waals surface area contributed by atoms with Crippen molar-refractivity contribution in [1.29, 1.82) is 5.26 Å². The molecule has 2 amide bonds. The first-order valence-electron chi connectivity index (χ1n) is 7.41. The zero-order valence-electron chi connectivity index (χ0n) is 13.7. The van der Waals surface area contributed by atoms with Crippen molar-refractivity contribution in [3.05, 3.63) is 52.9 Å². The number of furan rings is 1. The second-order valence-electron chi connectivity index (χ2n) is 5.46. The fourth-order valence-corrected chi connectivity index (χ4v) is 2.36. The molecule has 8 heteroatoms. The third-order valence-corrected chi connectivity index (χ3v) is 3.74. The Balaban J connectivity index is 2.00. The van der Waals surface area contributed by atoms with Crippen LogP contribution in [0.1, 0.15) is 17.4 Å². The van der Waals surface area contributed by atoms with Crippen molar-refractivity contribution in [2.24, 2.45) is 0 Å². The predicted molar refractivity (Wildman–Crippen MR) is 92.9 cm³/mol. The summed E-state index contributed by atoms with van der Waals surface area (Å²) in [5.41, 5.74) is 0.401. The molecular weight excluding hydrogens is 344 g/mol. The smallest absolute Gasteiger partial charge is 0.313 e. The molecule has 1 aromatic carbocycles. The van der Waals surface area contributed by atoms with Gasteiger partial charge in [0.25, 0.3) is 0 Å². The van der Waals surface area contributed by atoms with Gasteiger partial charge in [0, 0.05) is 11.6 Å². The number of rotatable bonds is 5. The van der Waals surface area contributed by atoms with Crippen LogP contribution in [0.3, 0.4) is 0 Å². The fourth-order valence-electron chi connectivity index (χ4n) is 2.18. The first-order valence-corrected chi connectivity index (χ1v) is 7.79. The first kappa shape index (κ1) is 18.5. The van der Waals surface area contributed by atoms with E-state index < -0.39 is 11.8 Å². The molecule has 0 aliphatic heterocycles. The number of amides is 2. The zero-order valence-corrected chi connectivity index (χ0v) is 14.5. The number of anilines is 1. The normalized spacial score (nSPS) is 11.6. The molecule has 7 nitrogen and oxygen atoms in total. The minimum Gasteiger partial charge on any atom is -0.468 e. The summed E-state index contributed by atoms with van der Waals surface area (Å²) in [5, 5.41) is 14.3. The quantitative estimate of drug-likeness (QED) is 0.796. The van der Waals surface area contributed by atoms with Crippen LogP contribution in [-0.4, -0.2) is 37.4 Å². The summed E-state index contributed by atoms with van der Waals surface area (Å²) in [6, 6.07) is 9.67. The van der Waals surface area contributed by atoms with Crippen LogP contribution in [-0.2, 0) is 9.59 Å². The lowest BCUT2D eigenvalue weighted by atomic mass is 10.2. The number of nitriles is 1. The molecule has 1 heterocycles. The summed E-state index contributed by atoms with van der Waals surface area (Å²) in [6.07, 6.45) is 1.54. The molecule has 25 heavy (non-hydrogen) atoms. The number of nitrogens with one attached hydrogen (secondary N) is 2. The molecule has 0 aliphatic carbocycles. The summed E-state index contributed by atoms with van der Waals surface area (Å²) in [4.78, 5) is 26.0. The van der Waals surface area contributed by atoms with Gasteiger partial charge >= 0.3 is 11.8 Å². The highest BCUT2D eigenvalue weighted by Crippen LogP contribution is 2.20. The number of carbonyl (C=O) groups is 2. The SMILES string of the molecule is CN(C)[C@@H](CNC(=O)C(=O)Nc1cc(Cl)ccc1C#N)c1ccco1. The van der Waals surface area contributed by atoms with Gasteiger partial charge in [-0.1, -0.05) is 11.6 Å². The summed E-state index contributed by atoms with van der Waals surface area (Å²) in [5.74, 6) is -1.02. The fraction of sp³-hybridized carbons (Fsp3) is 0.235. The van der Waals surface area contributed by atoms with Gasteiger partial charge in [0.05, 0.1) is 23.6 Å². The summed E-state index contributed by atoms with van der Waals surface area (Å²) < 4.78 is 5.34. The van der Waals surface area contributed by atoms with E-state index in [-0.39, 0.29) is 23.8 Å². The highest BCUT2D eigenvalue weighted by molar-refractivity contribution is 6.40. The Morgan fingerprint density at radius 1 is 1.32 bits per heavy atom. The van der Waals surface area contributed by atoms with E-state index in [0.717, 1.165) is 0 Å². The Bertz CT molecular complexity index is 797. The van der Waals surface area contributed by atoms with Crippen LogP contribution >= 0.6 is 11.6 Å². The van der Waals surface area contributed by atoms with Crippen LogP contribution in [0.15, 0.2) is 41.0 Å². The molecule has 130 valence electrons. The van der Waals surface area contributed by atoms with Crippen LogP contribution in [0.2, 0.25) is 5.02 Å².